The van der Waals surface area contributed by atoms with Gasteiger partial charge in [-0.25, -0.2) is 24.3 Å². The lowest BCUT2D eigenvalue weighted by Gasteiger charge is -2.12. The number of nitrogens with zero attached hydrogens (tertiary/aromatic N) is 5. The average molecular weight is 396 g/mol. The molecule has 0 aliphatic carbocycles. The molecule has 28 heavy (non-hydrogen) atoms. The van der Waals surface area contributed by atoms with Crippen molar-refractivity contribution in [3.05, 3.63) is 65.5 Å². The molecule has 138 valence electrons. The fraction of sp³-hybridized carbons (Fsp3) is 0. The van der Waals surface area contributed by atoms with E-state index in [9.17, 15) is 9.18 Å². The molecule has 0 bridgehead atoms. The number of nitrogens with two attached hydrogens (primary N) is 1. The molecule has 3 N–H and O–H groups in total. The summed E-state index contributed by atoms with van der Waals surface area (Å²) in [7, 11) is 0. The maximum absolute atomic E-state index is 14.3. The minimum Gasteiger partial charge on any atom is -0.365 e. The Balaban J connectivity index is 1.91. The zero-order valence-electron chi connectivity index (χ0n) is 14.1. The van der Waals surface area contributed by atoms with Crippen LogP contribution in [0.15, 0.2) is 49.1 Å². The van der Waals surface area contributed by atoms with Gasteiger partial charge in [0.2, 0.25) is 0 Å². The van der Waals surface area contributed by atoms with Crippen LogP contribution in [0.5, 0.6) is 0 Å². The predicted molar refractivity (Wildman–Crippen MR) is 102 cm³/mol. The Bertz CT molecular complexity index is 1220. The Morgan fingerprint density at radius 1 is 1.11 bits per heavy atom. The van der Waals surface area contributed by atoms with E-state index in [0.717, 1.165) is 0 Å². The van der Waals surface area contributed by atoms with Gasteiger partial charge in [-0.1, -0.05) is 11.6 Å². The summed E-state index contributed by atoms with van der Waals surface area (Å²) < 4.78 is 14.3. The second-order valence-corrected chi connectivity index (χ2v) is 6.10. The normalized spacial score (nSPS) is 10.8. The molecule has 3 heterocycles. The molecule has 10 heteroatoms. The van der Waals surface area contributed by atoms with Crippen molar-refractivity contribution >= 4 is 40.2 Å². The second kappa shape index (κ2) is 7.12. The summed E-state index contributed by atoms with van der Waals surface area (Å²) >= 11 is 5.99. The molecule has 0 saturated heterocycles. The number of hydrogen-bond donors (Lipinski definition) is 2. The third kappa shape index (κ3) is 3.30. The van der Waals surface area contributed by atoms with Crippen LogP contribution in [0.25, 0.3) is 22.6 Å². The van der Waals surface area contributed by atoms with Gasteiger partial charge in [-0.2, -0.15) is 0 Å². The Hall–Kier alpha value is -3.72. The second-order valence-electron chi connectivity index (χ2n) is 5.66. The number of carbonyl (C=O) groups is 1. The summed E-state index contributed by atoms with van der Waals surface area (Å²) in [6.45, 7) is 0. The average Bonchev–Trinajstić information content (AvgIpc) is 2.70. The van der Waals surface area contributed by atoms with E-state index in [2.05, 4.69) is 30.2 Å². The van der Waals surface area contributed by atoms with E-state index >= 15 is 0 Å². The summed E-state index contributed by atoms with van der Waals surface area (Å²) in [5, 5.41) is 3.32. The van der Waals surface area contributed by atoms with Gasteiger partial charge in [-0.3, -0.25) is 9.78 Å². The topological polar surface area (TPSA) is 120 Å². The van der Waals surface area contributed by atoms with Gasteiger partial charge < -0.3 is 11.1 Å². The molecular weight excluding hydrogens is 385 g/mol. The zero-order valence-corrected chi connectivity index (χ0v) is 14.9. The van der Waals surface area contributed by atoms with Crippen LogP contribution in [0.4, 0.5) is 15.9 Å². The van der Waals surface area contributed by atoms with Gasteiger partial charge in [0.05, 0.1) is 16.8 Å². The molecule has 4 aromatic rings. The fourth-order valence-electron chi connectivity index (χ4n) is 2.57. The number of aromatic nitrogens is 5. The van der Waals surface area contributed by atoms with Crippen molar-refractivity contribution in [2.45, 2.75) is 0 Å². The van der Waals surface area contributed by atoms with Gasteiger partial charge in [-0.15, -0.1) is 0 Å². The van der Waals surface area contributed by atoms with Crippen LogP contribution >= 0.6 is 11.6 Å². The van der Waals surface area contributed by atoms with Crippen LogP contribution in [-0.4, -0.2) is 30.8 Å². The molecular formula is C18H11ClFN7O. The first kappa shape index (κ1) is 17.7. The van der Waals surface area contributed by atoms with Gasteiger partial charge in [0, 0.05) is 29.8 Å². The Labute approximate surface area is 162 Å². The Morgan fingerprint density at radius 2 is 1.93 bits per heavy atom. The van der Waals surface area contributed by atoms with Crippen molar-refractivity contribution in [2.24, 2.45) is 5.73 Å². The lowest BCUT2D eigenvalue weighted by atomic mass is 10.2. The Morgan fingerprint density at radius 3 is 2.75 bits per heavy atom. The highest BCUT2D eigenvalue weighted by molar-refractivity contribution is 6.30. The maximum atomic E-state index is 14.3. The number of benzene rings is 1. The smallest absolute Gasteiger partial charge is 0.252 e. The Kier molecular flexibility index (Phi) is 4.50. The van der Waals surface area contributed by atoms with E-state index in [4.69, 9.17) is 17.3 Å². The molecule has 8 nitrogen and oxygen atoms in total. The van der Waals surface area contributed by atoms with Crippen molar-refractivity contribution in [3.63, 3.8) is 0 Å². The monoisotopic (exact) mass is 395 g/mol. The van der Waals surface area contributed by atoms with Crippen LogP contribution in [0.3, 0.4) is 0 Å². The molecule has 1 aromatic carbocycles. The fourth-order valence-corrected chi connectivity index (χ4v) is 2.74. The van der Waals surface area contributed by atoms with Crippen molar-refractivity contribution < 1.29 is 9.18 Å². The number of primary amides is 1. The molecule has 0 aliphatic rings. The van der Waals surface area contributed by atoms with Gasteiger partial charge >= 0.3 is 0 Å². The maximum Gasteiger partial charge on any atom is 0.252 e. The van der Waals surface area contributed by atoms with E-state index in [1.807, 2.05) is 0 Å². The molecule has 3 aromatic heterocycles. The first-order chi connectivity index (χ1) is 13.5. The molecule has 0 saturated carbocycles. The molecule has 0 atom stereocenters. The summed E-state index contributed by atoms with van der Waals surface area (Å²) in [4.78, 5) is 32.6. The van der Waals surface area contributed by atoms with Crippen LogP contribution < -0.4 is 11.1 Å². The molecule has 1 amide bonds. The SMILES string of the molecule is NC(=O)c1cnccc1Nc1nc(-c2cc(Cl)ccc2F)nc2nccnc12. The summed E-state index contributed by atoms with van der Waals surface area (Å²) in [6, 6.07) is 5.63. The van der Waals surface area contributed by atoms with E-state index in [0.29, 0.717) is 16.2 Å². The quantitative estimate of drug-likeness (QED) is 0.544. The molecule has 0 aliphatic heterocycles. The standard InChI is InChI=1S/C18H11ClFN7O/c19-9-1-2-12(20)10(7-9)16-26-17-14(23-5-6-24-17)18(27-16)25-13-3-4-22-8-11(13)15(21)28/h1-8H,(H2,21,28)(H,22,24,25,26,27). The highest BCUT2D eigenvalue weighted by Gasteiger charge is 2.17. The van der Waals surface area contributed by atoms with Gasteiger partial charge in [-0.05, 0) is 24.3 Å². The largest absolute Gasteiger partial charge is 0.365 e. The summed E-state index contributed by atoms with van der Waals surface area (Å²) in [6.07, 6.45) is 5.75. The lowest BCUT2D eigenvalue weighted by Crippen LogP contribution is -2.14. The minimum absolute atomic E-state index is 0.0604. The van der Waals surface area contributed by atoms with Gasteiger partial charge in [0.1, 0.15) is 5.82 Å². The predicted octanol–water partition coefficient (Wildman–Crippen LogP) is 3.12. The molecule has 0 radical (unpaired) electrons. The number of hydrogen-bond acceptors (Lipinski definition) is 7. The number of carbonyl (C=O) groups excluding carboxylic acids is 1. The van der Waals surface area contributed by atoms with Crippen molar-refractivity contribution in [3.8, 4) is 11.4 Å². The van der Waals surface area contributed by atoms with E-state index in [1.54, 1.807) is 6.07 Å². The van der Waals surface area contributed by atoms with Crippen molar-refractivity contribution in [1.29, 1.82) is 0 Å². The molecule has 0 unspecified atom stereocenters. The highest BCUT2D eigenvalue weighted by Crippen LogP contribution is 2.28. The number of rotatable bonds is 4. The number of nitrogens with one attached hydrogen (secondary N) is 1. The van der Waals surface area contributed by atoms with Crippen LogP contribution in [-0.2, 0) is 0 Å². The lowest BCUT2D eigenvalue weighted by molar-refractivity contribution is 0.100. The third-order valence-electron chi connectivity index (χ3n) is 3.84. The number of pyridine rings is 1. The van der Waals surface area contributed by atoms with E-state index in [-0.39, 0.29) is 28.4 Å². The molecule has 0 fully saturated rings. The number of anilines is 2. The first-order valence-electron chi connectivity index (χ1n) is 7.98. The van der Waals surface area contributed by atoms with Crippen LogP contribution in [0.1, 0.15) is 10.4 Å². The van der Waals surface area contributed by atoms with E-state index in [1.165, 1.54) is 43.0 Å². The third-order valence-corrected chi connectivity index (χ3v) is 4.08. The van der Waals surface area contributed by atoms with Gasteiger partial charge in [0.15, 0.2) is 22.8 Å². The number of amides is 1. The van der Waals surface area contributed by atoms with Crippen molar-refractivity contribution in [2.75, 3.05) is 5.32 Å². The van der Waals surface area contributed by atoms with Crippen molar-refractivity contribution in [1.82, 2.24) is 24.9 Å². The van der Waals surface area contributed by atoms with Crippen LogP contribution in [0.2, 0.25) is 5.02 Å². The molecule has 4 rings (SSSR count). The number of fused-ring (bicyclic) bond motifs is 1. The first-order valence-corrected chi connectivity index (χ1v) is 8.36. The molecule has 0 spiro atoms. The van der Waals surface area contributed by atoms with E-state index < -0.39 is 11.7 Å². The number of halogens is 2. The summed E-state index contributed by atoms with van der Waals surface area (Å²) in [5.41, 5.74) is 6.60. The minimum atomic E-state index is -0.666. The summed E-state index contributed by atoms with van der Waals surface area (Å²) in [5.74, 6) is -0.923. The van der Waals surface area contributed by atoms with Crippen LogP contribution in [0, 0.1) is 5.82 Å². The highest BCUT2D eigenvalue weighted by atomic mass is 35.5. The van der Waals surface area contributed by atoms with Gasteiger partial charge in [0.25, 0.3) is 5.91 Å². The zero-order chi connectivity index (χ0) is 19.7.